The molecule has 4 atom stereocenters. The fourth-order valence-electron chi connectivity index (χ4n) is 3.11. The van der Waals surface area contributed by atoms with E-state index in [-0.39, 0.29) is 25.1 Å². The van der Waals surface area contributed by atoms with Crippen molar-refractivity contribution in [1.29, 1.82) is 0 Å². The Morgan fingerprint density at radius 1 is 1.32 bits per heavy atom. The highest BCUT2D eigenvalue weighted by Crippen LogP contribution is 2.12. The van der Waals surface area contributed by atoms with Crippen LogP contribution in [-0.4, -0.2) is 85.3 Å². The molecule has 0 aliphatic carbocycles. The van der Waals surface area contributed by atoms with Gasteiger partial charge >= 0.3 is 0 Å². The zero-order valence-electron chi connectivity index (χ0n) is 16.1. The maximum atomic E-state index is 12.1. The van der Waals surface area contributed by atoms with Gasteiger partial charge in [0, 0.05) is 39.8 Å². The van der Waals surface area contributed by atoms with Crippen LogP contribution in [0.3, 0.4) is 0 Å². The number of nitrogens with one attached hydrogen (secondary N) is 1. The number of carbonyl (C=O) groups is 1. The van der Waals surface area contributed by atoms with E-state index in [2.05, 4.69) is 19.2 Å². The van der Waals surface area contributed by atoms with E-state index in [1.54, 1.807) is 4.90 Å². The molecule has 7 nitrogen and oxygen atoms in total. The second-order valence-electron chi connectivity index (χ2n) is 7.32. The number of aliphatic hydroxyl groups excluding tert-OH is 2. The lowest BCUT2D eigenvalue weighted by Crippen LogP contribution is -2.51. The number of carbonyl (C=O) groups excluding carboxylic acids is 1. The van der Waals surface area contributed by atoms with Crippen molar-refractivity contribution in [3.8, 4) is 0 Å². The summed E-state index contributed by atoms with van der Waals surface area (Å²) >= 11 is 0. The Balaban J connectivity index is 2.88. The normalized spacial score (nSPS) is 30.9. The van der Waals surface area contributed by atoms with Crippen molar-refractivity contribution in [2.75, 3.05) is 40.0 Å². The van der Waals surface area contributed by atoms with Crippen LogP contribution in [0.25, 0.3) is 0 Å². The minimum Gasteiger partial charge on any atom is -0.388 e. The van der Waals surface area contributed by atoms with Crippen LogP contribution < -0.4 is 5.32 Å². The van der Waals surface area contributed by atoms with Gasteiger partial charge in [0.15, 0.2) is 0 Å². The van der Waals surface area contributed by atoms with E-state index in [0.29, 0.717) is 19.1 Å². The van der Waals surface area contributed by atoms with Gasteiger partial charge in [0.05, 0.1) is 6.61 Å². The molecular formula is C18H36N2O5. The van der Waals surface area contributed by atoms with Crippen molar-refractivity contribution in [1.82, 2.24) is 10.2 Å². The number of methoxy groups -OCH3 is 1. The van der Waals surface area contributed by atoms with Gasteiger partial charge < -0.3 is 29.9 Å². The first-order valence-corrected chi connectivity index (χ1v) is 9.30. The molecule has 0 aromatic heterocycles. The highest BCUT2D eigenvalue weighted by Gasteiger charge is 2.30. The van der Waals surface area contributed by atoms with Gasteiger partial charge in [-0.15, -0.1) is 0 Å². The average Bonchev–Trinajstić information content (AvgIpc) is 2.55. The Morgan fingerprint density at radius 2 is 2.04 bits per heavy atom. The fraction of sp³-hybridized carbons (Fsp3) is 0.944. The predicted molar refractivity (Wildman–Crippen MR) is 96.4 cm³/mol. The molecule has 1 amide bonds. The van der Waals surface area contributed by atoms with Crippen molar-refractivity contribution in [3.05, 3.63) is 0 Å². The zero-order valence-corrected chi connectivity index (χ0v) is 16.1. The predicted octanol–water partition coefficient (Wildman–Crippen LogP) is 0.386. The molecule has 1 heterocycles. The van der Waals surface area contributed by atoms with Gasteiger partial charge in [-0.25, -0.2) is 0 Å². The van der Waals surface area contributed by atoms with Gasteiger partial charge in [0.2, 0.25) is 5.91 Å². The summed E-state index contributed by atoms with van der Waals surface area (Å²) < 4.78 is 10.8. The van der Waals surface area contributed by atoms with E-state index in [0.717, 1.165) is 25.8 Å². The molecule has 3 N–H and O–H groups in total. The minimum atomic E-state index is -1.11. The molecule has 25 heavy (non-hydrogen) atoms. The van der Waals surface area contributed by atoms with Crippen molar-refractivity contribution in [2.45, 2.75) is 64.4 Å². The second kappa shape index (κ2) is 11.8. The first-order valence-electron chi connectivity index (χ1n) is 9.30. The molecule has 0 saturated carbocycles. The zero-order chi connectivity index (χ0) is 18.8. The van der Waals surface area contributed by atoms with Crippen molar-refractivity contribution < 1.29 is 24.5 Å². The monoisotopic (exact) mass is 360 g/mol. The minimum absolute atomic E-state index is 0.0600. The van der Waals surface area contributed by atoms with E-state index in [9.17, 15) is 15.0 Å². The maximum Gasteiger partial charge on any atom is 0.219 e. The van der Waals surface area contributed by atoms with Crippen LogP contribution in [0, 0.1) is 5.92 Å². The van der Waals surface area contributed by atoms with Crippen molar-refractivity contribution in [2.24, 2.45) is 5.92 Å². The third-order valence-corrected chi connectivity index (χ3v) is 4.56. The summed E-state index contributed by atoms with van der Waals surface area (Å²) in [4.78, 5) is 13.8. The first-order chi connectivity index (χ1) is 11.8. The SMILES string of the molecule is CO[C@@H]1CN(C(C)=O)C[C@H](CC(C)C)NCCCCOC[C@@H](O)[C@H]1O. The van der Waals surface area contributed by atoms with Crippen molar-refractivity contribution >= 4 is 5.91 Å². The van der Waals surface area contributed by atoms with Crippen LogP contribution in [0.15, 0.2) is 0 Å². The van der Waals surface area contributed by atoms with Crippen LogP contribution in [0.2, 0.25) is 0 Å². The molecule has 0 bridgehead atoms. The van der Waals surface area contributed by atoms with E-state index < -0.39 is 18.3 Å². The summed E-state index contributed by atoms with van der Waals surface area (Å²) in [5.41, 5.74) is 0. The molecular weight excluding hydrogens is 324 g/mol. The summed E-state index contributed by atoms with van der Waals surface area (Å²) in [5.74, 6) is 0.446. The van der Waals surface area contributed by atoms with Gasteiger partial charge in [-0.1, -0.05) is 13.8 Å². The molecule has 1 aliphatic rings. The Bertz CT molecular complexity index is 380. The smallest absolute Gasteiger partial charge is 0.219 e. The number of rotatable bonds is 3. The number of hydrogen-bond acceptors (Lipinski definition) is 6. The Kier molecular flexibility index (Phi) is 10.5. The van der Waals surface area contributed by atoms with Crippen LogP contribution in [0.1, 0.15) is 40.0 Å². The highest BCUT2D eigenvalue weighted by atomic mass is 16.5. The number of aliphatic hydroxyl groups is 2. The Labute approximate surface area is 151 Å². The molecule has 0 aromatic carbocycles. The van der Waals surface area contributed by atoms with E-state index in [1.807, 2.05) is 0 Å². The van der Waals surface area contributed by atoms with Crippen molar-refractivity contribution in [3.63, 3.8) is 0 Å². The summed E-state index contributed by atoms with van der Waals surface area (Å²) in [6, 6.07) is 0.187. The summed E-state index contributed by atoms with van der Waals surface area (Å²) in [5, 5.41) is 24.0. The number of hydrogen-bond donors (Lipinski definition) is 3. The summed E-state index contributed by atoms with van der Waals surface area (Å²) in [6.45, 7) is 8.13. The van der Waals surface area contributed by atoms with Gasteiger partial charge in [0.25, 0.3) is 0 Å². The number of amides is 1. The summed E-state index contributed by atoms with van der Waals surface area (Å²) in [7, 11) is 1.48. The molecule has 0 radical (unpaired) electrons. The molecule has 1 aliphatic heterocycles. The third-order valence-electron chi connectivity index (χ3n) is 4.56. The lowest BCUT2D eigenvalue weighted by molar-refractivity contribution is -0.137. The average molecular weight is 360 g/mol. The van der Waals surface area contributed by atoms with Gasteiger partial charge in [-0.3, -0.25) is 4.79 Å². The lowest BCUT2D eigenvalue weighted by Gasteiger charge is -2.34. The lowest BCUT2D eigenvalue weighted by atomic mass is 10.0. The van der Waals surface area contributed by atoms with Crippen LogP contribution >= 0.6 is 0 Å². The quantitative estimate of drug-likeness (QED) is 0.674. The number of ether oxygens (including phenoxy) is 2. The fourth-order valence-corrected chi connectivity index (χ4v) is 3.11. The van der Waals surface area contributed by atoms with E-state index in [4.69, 9.17) is 9.47 Å². The Morgan fingerprint density at radius 3 is 2.64 bits per heavy atom. The highest BCUT2D eigenvalue weighted by molar-refractivity contribution is 5.73. The summed E-state index contributed by atoms with van der Waals surface area (Å²) in [6.07, 6.45) is 0.00794. The second-order valence-corrected chi connectivity index (χ2v) is 7.32. The Hall–Kier alpha value is -0.730. The van der Waals surface area contributed by atoms with E-state index in [1.165, 1.54) is 14.0 Å². The number of nitrogens with zero attached hydrogens (tertiary/aromatic N) is 1. The molecule has 1 fully saturated rings. The maximum absolute atomic E-state index is 12.1. The molecule has 1 rings (SSSR count). The van der Waals surface area contributed by atoms with Crippen LogP contribution in [-0.2, 0) is 14.3 Å². The van der Waals surface area contributed by atoms with Crippen LogP contribution in [0.5, 0.6) is 0 Å². The van der Waals surface area contributed by atoms with Gasteiger partial charge in [-0.2, -0.15) is 0 Å². The molecule has 1 saturated heterocycles. The topological polar surface area (TPSA) is 91.3 Å². The first kappa shape index (κ1) is 22.3. The van der Waals surface area contributed by atoms with Gasteiger partial charge in [-0.05, 0) is 31.7 Å². The van der Waals surface area contributed by atoms with E-state index >= 15 is 0 Å². The van der Waals surface area contributed by atoms with Crippen LogP contribution in [0.4, 0.5) is 0 Å². The molecule has 0 spiro atoms. The molecule has 0 aromatic rings. The standard InChI is InChI=1S/C18H36N2O5/c1-13(2)9-15-10-20(14(3)21)11-17(24-4)18(23)16(22)12-25-8-6-5-7-19-15/h13,15-19,22-23H,5-12H2,1-4H3/t15-,16+,17+,18+/m0/s1. The van der Waals surface area contributed by atoms with Gasteiger partial charge in [0.1, 0.15) is 18.3 Å². The molecule has 148 valence electrons. The molecule has 7 heteroatoms. The third kappa shape index (κ3) is 8.46. The molecule has 0 unspecified atom stereocenters. The largest absolute Gasteiger partial charge is 0.388 e.